The molecule has 0 aromatic heterocycles. The number of hydrogen-bond acceptors (Lipinski definition) is 5. The predicted molar refractivity (Wildman–Crippen MR) is 88.4 cm³/mol. The molecule has 0 bridgehead atoms. The molecule has 0 radical (unpaired) electrons. The predicted octanol–water partition coefficient (Wildman–Crippen LogP) is 1.08. The minimum atomic E-state index is -3.55. The Balaban J connectivity index is 2.00. The fourth-order valence-corrected chi connectivity index (χ4v) is 3.97. The van der Waals surface area contributed by atoms with Crippen LogP contribution in [0.15, 0.2) is 35.2 Å². The van der Waals surface area contributed by atoms with E-state index in [0.717, 1.165) is 6.42 Å². The van der Waals surface area contributed by atoms with Crippen LogP contribution in [0, 0.1) is 5.92 Å². The smallest absolute Gasteiger partial charge is 0.240 e. The monoisotopic (exact) mass is 342 g/mol. The van der Waals surface area contributed by atoms with Gasteiger partial charge in [-0.05, 0) is 30.9 Å². The molecule has 1 aliphatic rings. The Morgan fingerprint density at radius 2 is 2.00 bits per heavy atom. The summed E-state index contributed by atoms with van der Waals surface area (Å²) in [5.41, 5.74) is 0. The highest BCUT2D eigenvalue weighted by Crippen LogP contribution is 2.14. The molecule has 0 spiro atoms. The van der Waals surface area contributed by atoms with Crippen LogP contribution < -0.4 is 10.0 Å². The molecule has 6 nitrogen and oxygen atoms in total. The molecule has 1 saturated heterocycles. The van der Waals surface area contributed by atoms with Crippen LogP contribution in [0.5, 0.6) is 0 Å². The lowest BCUT2D eigenvalue weighted by atomic mass is 10.0. The first-order valence-corrected chi connectivity index (χ1v) is 9.47. The highest BCUT2D eigenvalue weighted by molar-refractivity contribution is 7.89. The van der Waals surface area contributed by atoms with Crippen molar-refractivity contribution >= 4 is 10.0 Å². The summed E-state index contributed by atoms with van der Waals surface area (Å²) >= 11 is 0. The van der Waals surface area contributed by atoms with Gasteiger partial charge in [0, 0.05) is 12.6 Å². The first kappa shape index (κ1) is 18.4. The number of benzene rings is 1. The summed E-state index contributed by atoms with van der Waals surface area (Å²) in [6, 6.07) is 7.97. The molecule has 0 saturated carbocycles. The van der Waals surface area contributed by atoms with Crippen LogP contribution in [-0.4, -0.2) is 45.0 Å². The van der Waals surface area contributed by atoms with E-state index in [1.54, 1.807) is 30.3 Å². The summed E-state index contributed by atoms with van der Waals surface area (Å²) in [4.78, 5) is 0.262. The summed E-state index contributed by atoms with van der Waals surface area (Å²) in [6.07, 6.45) is 0.615. The third-order valence-electron chi connectivity index (χ3n) is 3.82. The van der Waals surface area contributed by atoms with E-state index in [1.807, 2.05) is 0 Å². The SMILES string of the molecule is CC(C)C[C@H](CN[C@@H]1CCOC1O)NS(=O)(=O)c1ccccc1. The Hall–Kier alpha value is -0.990. The lowest BCUT2D eigenvalue weighted by molar-refractivity contribution is -0.0718. The number of aliphatic hydroxyl groups excluding tert-OH is 1. The van der Waals surface area contributed by atoms with Gasteiger partial charge in [-0.3, -0.25) is 0 Å². The van der Waals surface area contributed by atoms with Crippen molar-refractivity contribution in [2.75, 3.05) is 13.2 Å². The zero-order chi connectivity index (χ0) is 16.9. The molecule has 130 valence electrons. The molecular weight excluding hydrogens is 316 g/mol. The van der Waals surface area contributed by atoms with Crippen LogP contribution in [0.2, 0.25) is 0 Å². The lowest BCUT2D eigenvalue weighted by Gasteiger charge is -2.24. The molecule has 23 heavy (non-hydrogen) atoms. The zero-order valence-corrected chi connectivity index (χ0v) is 14.4. The van der Waals surface area contributed by atoms with Crippen molar-refractivity contribution in [3.05, 3.63) is 30.3 Å². The number of sulfonamides is 1. The molecule has 7 heteroatoms. The number of nitrogens with one attached hydrogen (secondary N) is 2. The number of ether oxygens (including phenoxy) is 1. The van der Waals surface area contributed by atoms with Crippen molar-refractivity contribution in [2.45, 2.75) is 50.0 Å². The van der Waals surface area contributed by atoms with E-state index in [-0.39, 0.29) is 17.0 Å². The molecule has 1 aromatic rings. The highest BCUT2D eigenvalue weighted by atomic mass is 32.2. The van der Waals surface area contributed by atoms with Gasteiger partial charge in [0.15, 0.2) is 6.29 Å². The van der Waals surface area contributed by atoms with Crippen LogP contribution in [0.3, 0.4) is 0 Å². The largest absolute Gasteiger partial charge is 0.367 e. The van der Waals surface area contributed by atoms with E-state index in [0.29, 0.717) is 25.5 Å². The fourth-order valence-electron chi connectivity index (χ4n) is 2.70. The molecule has 3 atom stereocenters. The van der Waals surface area contributed by atoms with Crippen molar-refractivity contribution in [1.82, 2.24) is 10.0 Å². The Morgan fingerprint density at radius 1 is 1.30 bits per heavy atom. The number of hydrogen-bond donors (Lipinski definition) is 3. The number of rotatable bonds is 8. The van der Waals surface area contributed by atoms with Gasteiger partial charge in [0.1, 0.15) is 0 Å². The minimum absolute atomic E-state index is 0.147. The van der Waals surface area contributed by atoms with E-state index in [2.05, 4.69) is 23.9 Å². The van der Waals surface area contributed by atoms with Crippen LogP contribution >= 0.6 is 0 Å². The standard InChI is InChI=1S/C16H26N2O4S/c1-12(2)10-13(11-17-15-8-9-22-16(15)19)18-23(20,21)14-6-4-3-5-7-14/h3-7,12-13,15-19H,8-11H2,1-2H3/t13-,15-,16?/m1/s1. The quantitative estimate of drug-likeness (QED) is 0.658. The van der Waals surface area contributed by atoms with Gasteiger partial charge in [-0.15, -0.1) is 0 Å². The molecule has 1 aromatic carbocycles. The lowest BCUT2D eigenvalue weighted by Crippen LogP contribution is -2.47. The Kier molecular flexibility index (Phi) is 6.55. The average Bonchev–Trinajstić information content (AvgIpc) is 2.90. The van der Waals surface area contributed by atoms with Gasteiger partial charge in [0.2, 0.25) is 10.0 Å². The van der Waals surface area contributed by atoms with E-state index in [9.17, 15) is 13.5 Å². The van der Waals surface area contributed by atoms with E-state index in [1.165, 1.54) is 0 Å². The van der Waals surface area contributed by atoms with Gasteiger partial charge in [-0.2, -0.15) is 0 Å². The van der Waals surface area contributed by atoms with E-state index in [4.69, 9.17) is 4.74 Å². The highest BCUT2D eigenvalue weighted by Gasteiger charge is 2.27. The Morgan fingerprint density at radius 3 is 2.57 bits per heavy atom. The average molecular weight is 342 g/mol. The van der Waals surface area contributed by atoms with Gasteiger partial charge in [-0.1, -0.05) is 32.0 Å². The van der Waals surface area contributed by atoms with Crippen molar-refractivity contribution in [2.24, 2.45) is 5.92 Å². The molecule has 0 amide bonds. The maximum Gasteiger partial charge on any atom is 0.240 e. The minimum Gasteiger partial charge on any atom is -0.367 e. The molecular formula is C16H26N2O4S. The summed E-state index contributed by atoms with van der Waals surface area (Å²) in [7, 11) is -3.55. The summed E-state index contributed by atoms with van der Waals surface area (Å²) in [5, 5.41) is 12.9. The number of aliphatic hydroxyl groups is 1. The van der Waals surface area contributed by atoms with Crippen molar-refractivity contribution in [3.8, 4) is 0 Å². The van der Waals surface area contributed by atoms with Gasteiger partial charge >= 0.3 is 0 Å². The fraction of sp³-hybridized carbons (Fsp3) is 0.625. The summed E-state index contributed by atoms with van der Waals surface area (Å²) in [5.74, 6) is 0.352. The molecule has 1 unspecified atom stereocenters. The zero-order valence-electron chi connectivity index (χ0n) is 13.6. The van der Waals surface area contributed by atoms with Gasteiger partial charge in [0.25, 0.3) is 0 Å². The summed E-state index contributed by atoms with van der Waals surface area (Å²) < 4.78 is 32.8. The molecule has 1 aliphatic heterocycles. The topological polar surface area (TPSA) is 87.7 Å². The summed E-state index contributed by atoms with van der Waals surface area (Å²) in [6.45, 7) is 5.08. The second-order valence-corrected chi connectivity index (χ2v) is 8.04. The second-order valence-electron chi connectivity index (χ2n) is 6.33. The van der Waals surface area contributed by atoms with Crippen molar-refractivity contribution in [3.63, 3.8) is 0 Å². The van der Waals surface area contributed by atoms with Crippen LogP contribution in [0.25, 0.3) is 0 Å². The van der Waals surface area contributed by atoms with Crippen LogP contribution in [0.1, 0.15) is 26.7 Å². The second kappa shape index (κ2) is 8.21. The Bertz CT molecular complexity index is 577. The first-order valence-electron chi connectivity index (χ1n) is 7.99. The molecule has 1 fully saturated rings. The van der Waals surface area contributed by atoms with E-state index < -0.39 is 16.3 Å². The van der Waals surface area contributed by atoms with Crippen LogP contribution in [-0.2, 0) is 14.8 Å². The maximum absolute atomic E-state index is 12.5. The van der Waals surface area contributed by atoms with Crippen molar-refractivity contribution < 1.29 is 18.3 Å². The molecule has 0 aliphatic carbocycles. The third kappa shape index (κ3) is 5.54. The van der Waals surface area contributed by atoms with Crippen LogP contribution in [0.4, 0.5) is 0 Å². The van der Waals surface area contributed by atoms with Gasteiger partial charge in [0.05, 0.1) is 17.5 Å². The first-order chi connectivity index (χ1) is 10.9. The molecule has 3 N–H and O–H groups in total. The Labute approximate surface area is 138 Å². The third-order valence-corrected chi connectivity index (χ3v) is 5.36. The van der Waals surface area contributed by atoms with Crippen molar-refractivity contribution in [1.29, 1.82) is 0 Å². The van der Waals surface area contributed by atoms with Gasteiger partial charge in [-0.25, -0.2) is 13.1 Å². The molecule has 1 heterocycles. The van der Waals surface area contributed by atoms with E-state index >= 15 is 0 Å². The normalized spacial score (nSPS) is 23.3. The van der Waals surface area contributed by atoms with Gasteiger partial charge < -0.3 is 15.2 Å². The maximum atomic E-state index is 12.5. The molecule has 2 rings (SSSR count).